The van der Waals surface area contributed by atoms with Crippen molar-refractivity contribution in [3.63, 3.8) is 0 Å². The van der Waals surface area contributed by atoms with Crippen LogP contribution in [0.25, 0.3) is 0 Å². The van der Waals surface area contributed by atoms with Crippen molar-refractivity contribution < 1.29 is 35.1 Å². The van der Waals surface area contributed by atoms with Crippen molar-refractivity contribution in [2.45, 2.75) is 89.9 Å². The number of aliphatic carboxylic acids is 2. The highest BCUT2D eigenvalue weighted by molar-refractivity contribution is 5.78. The molecule has 1 aromatic carbocycles. The van der Waals surface area contributed by atoms with Gasteiger partial charge in [0.15, 0.2) is 11.5 Å². The van der Waals surface area contributed by atoms with Crippen molar-refractivity contribution in [3.05, 3.63) is 17.2 Å². The van der Waals surface area contributed by atoms with Gasteiger partial charge in [-0.05, 0) is 64.2 Å². The van der Waals surface area contributed by atoms with Gasteiger partial charge in [-0.2, -0.15) is 0 Å². The number of rotatable bonds is 14. The Kier molecular flexibility index (Phi) is 7.02. The molecule has 1 aromatic rings. The molecular formula is C24H34O7. The number of unbranched alkanes of at least 4 members (excludes halogenated alkanes) is 4. The largest absolute Gasteiger partial charge is 0.508 e. The van der Waals surface area contributed by atoms with Crippen LogP contribution >= 0.6 is 0 Å². The average Bonchev–Trinajstić information content (AvgIpc) is 3.62. The van der Waals surface area contributed by atoms with Gasteiger partial charge in [0.25, 0.3) is 0 Å². The minimum atomic E-state index is -0.707. The second-order valence-corrected chi connectivity index (χ2v) is 9.51. The van der Waals surface area contributed by atoms with E-state index in [-0.39, 0.29) is 17.2 Å². The van der Waals surface area contributed by atoms with Crippen LogP contribution in [0, 0.1) is 10.8 Å². The van der Waals surface area contributed by atoms with Crippen LogP contribution in [0.1, 0.15) is 88.2 Å². The molecule has 2 aliphatic carbocycles. The molecule has 7 heteroatoms. The Morgan fingerprint density at radius 1 is 0.677 bits per heavy atom. The Morgan fingerprint density at radius 3 is 1.55 bits per heavy atom. The van der Waals surface area contributed by atoms with Crippen molar-refractivity contribution in [3.8, 4) is 17.2 Å². The maximum absolute atomic E-state index is 11.3. The second-order valence-electron chi connectivity index (χ2n) is 9.51. The summed E-state index contributed by atoms with van der Waals surface area (Å²) in [6.07, 6.45) is 10.2. The van der Waals surface area contributed by atoms with Crippen LogP contribution in [0.15, 0.2) is 6.07 Å². The first kappa shape index (κ1) is 23.2. The Hall–Kier alpha value is -2.44. The van der Waals surface area contributed by atoms with Crippen LogP contribution in [-0.4, -0.2) is 37.5 Å². The molecule has 0 heterocycles. The van der Waals surface area contributed by atoms with Crippen molar-refractivity contribution in [2.24, 2.45) is 10.8 Å². The summed E-state index contributed by atoms with van der Waals surface area (Å²) >= 11 is 0. The molecule has 0 radical (unpaired) electrons. The number of phenolic OH excluding ortho intramolecular Hbond substituents is 3. The molecule has 0 saturated heterocycles. The van der Waals surface area contributed by atoms with E-state index in [0.717, 1.165) is 64.2 Å². The molecule has 2 fully saturated rings. The molecular weight excluding hydrogens is 400 g/mol. The van der Waals surface area contributed by atoms with Gasteiger partial charge in [0, 0.05) is 17.2 Å². The van der Waals surface area contributed by atoms with Gasteiger partial charge in [-0.3, -0.25) is 9.59 Å². The third-order valence-corrected chi connectivity index (χ3v) is 7.25. The lowest BCUT2D eigenvalue weighted by Gasteiger charge is -2.15. The predicted octanol–water partition coefficient (Wildman–Crippen LogP) is 4.74. The molecule has 31 heavy (non-hydrogen) atoms. The minimum Gasteiger partial charge on any atom is -0.508 e. The van der Waals surface area contributed by atoms with E-state index in [9.17, 15) is 35.1 Å². The molecule has 172 valence electrons. The first-order chi connectivity index (χ1) is 14.7. The zero-order valence-corrected chi connectivity index (χ0v) is 18.0. The molecule has 0 atom stereocenters. The zero-order chi connectivity index (χ0) is 22.6. The van der Waals surface area contributed by atoms with Gasteiger partial charge >= 0.3 is 11.9 Å². The monoisotopic (exact) mass is 434 g/mol. The normalized spacial score (nSPS) is 17.9. The lowest BCUT2D eigenvalue weighted by molar-refractivity contribution is -0.144. The minimum absolute atomic E-state index is 0.0303. The van der Waals surface area contributed by atoms with Crippen molar-refractivity contribution in [1.29, 1.82) is 0 Å². The molecule has 0 bridgehead atoms. The molecule has 2 aliphatic rings. The van der Waals surface area contributed by atoms with Gasteiger partial charge in [0.2, 0.25) is 0 Å². The molecule has 0 amide bonds. The number of carboxylic acid groups (broad SMARTS) is 2. The van der Waals surface area contributed by atoms with E-state index < -0.39 is 22.8 Å². The highest BCUT2D eigenvalue weighted by Gasteiger charge is 2.49. The lowest BCUT2D eigenvalue weighted by atomic mass is 9.92. The fourth-order valence-electron chi connectivity index (χ4n) is 4.61. The van der Waals surface area contributed by atoms with E-state index in [4.69, 9.17) is 0 Å². The highest BCUT2D eigenvalue weighted by Crippen LogP contribution is 2.51. The fourth-order valence-corrected chi connectivity index (χ4v) is 4.61. The second kappa shape index (κ2) is 9.37. The van der Waals surface area contributed by atoms with E-state index in [1.807, 2.05) is 0 Å². The first-order valence-corrected chi connectivity index (χ1v) is 11.4. The summed E-state index contributed by atoms with van der Waals surface area (Å²) in [7, 11) is 0. The van der Waals surface area contributed by atoms with Crippen LogP contribution in [-0.2, 0) is 22.4 Å². The van der Waals surface area contributed by atoms with Gasteiger partial charge in [-0.1, -0.05) is 25.7 Å². The van der Waals surface area contributed by atoms with Gasteiger partial charge < -0.3 is 25.5 Å². The molecule has 0 spiro atoms. The molecule has 7 nitrogen and oxygen atoms in total. The lowest BCUT2D eigenvalue weighted by Crippen LogP contribution is -2.14. The van der Waals surface area contributed by atoms with Crippen molar-refractivity contribution >= 4 is 11.9 Å². The summed E-state index contributed by atoms with van der Waals surface area (Å²) in [6.45, 7) is 0. The van der Waals surface area contributed by atoms with E-state index in [1.165, 1.54) is 6.07 Å². The quantitative estimate of drug-likeness (QED) is 0.162. The Morgan fingerprint density at radius 2 is 1.13 bits per heavy atom. The third kappa shape index (κ3) is 5.43. The number of benzene rings is 1. The van der Waals surface area contributed by atoms with E-state index in [2.05, 4.69) is 0 Å². The van der Waals surface area contributed by atoms with Gasteiger partial charge in [0.05, 0.1) is 10.8 Å². The van der Waals surface area contributed by atoms with Gasteiger partial charge in [-0.15, -0.1) is 0 Å². The highest BCUT2D eigenvalue weighted by atomic mass is 16.4. The molecule has 3 rings (SSSR count). The summed E-state index contributed by atoms with van der Waals surface area (Å²) in [5.41, 5.74) is 0.167. The molecule has 2 saturated carbocycles. The van der Waals surface area contributed by atoms with E-state index in [0.29, 0.717) is 36.8 Å². The topological polar surface area (TPSA) is 135 Å². The van der Waals surface area contributed by atoms with Gasteiger partial charge in [0.1, 0.15) is 5.75 Å². The summed E-state index contributed by atoms with van der Waals surface area (Å²) < 4.78 is 0. The van der Waals surface area contributed by atoms with Crippen LogP contribution in [0.3, 0.4) is 0 Å². The van der Waals surface area contributed by atoms with Crippen LogP contribution in [0.4, 0.5) is 0 Å². The molecule has 5 N–H and O–H groups in total. The first-order valence-electron chi connectivity index (χ1n) is 11.4. The average molecular weight is 435 g/mol. The maximum Gasteiger partial charge on any atom is 0.309 e. The Bertz CT molecular complexity index is 822. The summed E-state index contributed by atoms with van der Waals surface area (Å²) in [5.74, 6) is -1.97. The number of hydrogen-bond acceptors (Lipinski definition) is 5. The smallest absolute Gasteiger partial charge is 0.309 e. The number of carbonyl (C=O) groups is 2. The summed E-state index contributed by atoms with van der Waals surface area (Å²) in [5, 5.41) is 49.1. The SMILES string of the molecule is O=C(O)C1(CCCCCc2c(O)cc(O)c(O)c2CCCCCC2(C(=O)O)CC2)CC1. The zero-order valence-electron chi connectivity index (χ0n) is 18.0. The van der Waals surface area contributed by atoms with Gasteiger partial charge in [-0.25, -0.2) is 0 Å². The van der Waals surface area contributed by atoms with Crippen molar-refractivity contribution in [2.75, 3.05) is 0 Å². The number of phenols is 3. The fraction of sp³-hybridized carbons (Fsp3) is 0.667. The molecule has 0 unspecified atom stereocenters. The van der Waals surface area contributed by atoms with E-state index in [1.54, 1.807) is 0 Å². The summed E-state index contributed by atoms with van der Waals surface area (Å²) in [6, 6.07) is 1.17. The standard InChI is InChI=1S/C24H34O7/c25-18-15-19(26)20(27)17(8-4-2-6-10-24(13-14-24)22(30)31)16(18)7-3-1-5-9-23(11-12-23)21(28)29/h15,25-27H,1-14H2,(H,28,29)(H,30,31). The number of carboxylic acids is 2. The van der Waals surface area contributed by atoms with Crippen molar-refractivity contribution in [1.82, 2.24) is 0 Å². The Balaban J connectivity index is 1.48. The molecule has 0 aliphatic heterocycles. The molecule has 0 aromatic heterocycles. The van der Waals surface area contributed by atoms with Crippen LogP contribution in [0.2, 0.25) is 0 Å². The number of hydrogen-bond donors (Lipinski definition) is 5. The predicted molar refractivity (Wildman–Crippen MR) is 114 cm³/mol. The van der Waals surface area contributed by atoms with Crippen LogP contribution < -0.4 is 0 Å². The third-order valence-electron chi connectivity index (χ3n) is 7.25. The number of aromatic hydroxyl groups is 3. The maximum atomic E-state index is 11.3. The van der Waals surface area contributed by atoms with E-state index >= 15 is 0 Å². The Labute approximate surface area is 182 Å². The van der Waals surface area contributed by atoms with Crippen LogP contribution in [0.5, 0.6) is 17.2 Å². The summed E-state index contributed by atoms with van der Waals surface area (Å²) in [4.78, 5) is 22.5.